The molecule has 66 valence electrons. The van der Waals surface area contributed by atoms with Crippen molar-refractivity contribution in [1.29, 1.82) is 0 Å². The molecule has 12 heavy (non-hydrogen) atoms. The predicted molar refractivity (Wildman–Crippen MR) is 33.8 cm³/mol. The molecule has 1 fully saturated rings. The standard InChI is InChI=1S/C4H6N4O4/c1-2(9)12-8-3(10)5-7-6-4(8)11/h7H,1H3,(H,5,10)(H,6,11). The number of imide groups is 1. The molecule has 1 aliphatic heterocycles. The van der Waals surface area contributed by atoms with Crippen molar-refractivity contribution in [1.82, 2.24) is 21.4 Å². The number of nitrogens with one attached hydrogen (secondary N) is 3. The third-order valence-corrected chi connectivity index (χ3v) is 0.928. The van der Waals surface area contributed by atoms with E-state index < -0.39 is 18.0 Å². The van der Waals surface area contributed by atoms with E-state index in [1.165, 1.54) is 0 Å². The minimum atomic E-state index is -0.867. The van der Waals surface area contributed by atoms with Crippen molar-refractivity contribution < 1.29 is 19.2 Å². The summed E-state index contributed by atoms with van der Waals surface area (Å²) in [6, 6.07) is -1.73. The number of carbonyl (C=O) groups is 3. The molecular weight excluding hydrogens is 168 g/mol. The van der Waals surface area contributed by atoms with Crippen LogP contribution < -0.4 is 16.4 Å². The molecular formula is C4H6N4O4. The molecule has 3 N–H and O–H groups in total. The molecule has 1 aliphatic rings. The van der Waals surface area contributed by atoms with Gasteiger partial charge in [-0.15, -0.1) is 5.53 Å². The molecule has 0 spiro atoms. The van der Waals surface area contributed by atoms with E-state index in [-0.39, 0.29) is 5.06 Å². The third-order valence-electron chi connectivity index (χ3n) is 0.928. The van der Waals surface area contributed by atoms with E-state index in [1.807, 2.05) is 10.9 Å². The largest absolute Gasteiger partial charge is 0.375 e. The number of carbonyl (C=O) groups excluding carboxylic acids is 3. The summed E-state index contributed by atoms with van der Waals surface area (Å²) in [6.45, 7) is 1.07. The Morgan fingerprint density at radius 3 is 2.25 bits per heavy atom. The van der Waals surface area contributed by atoms with Crippen LogP contribution in [0.25, 0.3) is 0 Å². The van der Waals surface area contributed by atoms with E-state index in [0.29, 0.717) is 0 Å². The van der Waals surface area contributed by atoms with Crippen molar-refractivity contribution in [2.24, 2.45) is 0 Å². The van der Waals surface area contributed by atoms with E-state index in [4.69, 9.17) is 0 Å². The Balaban J connectivity index is 2.63. The zero-order valence-electron chi connectivity index (χ0n) is 6.08. The Kier molecular flexibility index (Phi) is 2.10. The van der Waals surface area contributed by atoms with Gasteiger partial charge < -0.3 is 4.84 Å². The van der Waals surface area contributed by atoms with Gasteiger partial charge in [-0.05, 0) is 0 Å². The second kappa shape index (κ2) is 3.05. The lowest BCUT2D eigenvalue weighted by Crippen LogP contribution is -2.64. The van der Waals surface area contributed by atoms with Crippen LogP contribution in [0, 0.1) is 0 Å². The summed E-state index contributed by atoms with van der Waals surface area (Å²) in [5.41, 5.74) is 6.05. The van der Waals surface area contributed by atoms with Gasteiger partial charge in [0.1, 0.15) is 0 Å². The highest BCUT2D eigenvalue weighted by molar-refractivity contribution is 5.94. The summed E-state index contributed by atoms with van der Waals surface area (Å²) >= 11 is 0. The van der Waals surface area contributed by atoms with E-state index in [1.54, 1.807) is 0 Å². The zero-order chi connectivity index (χ0) is 9.14. The SMILES string of the molecule is CC(=O)ON1C(=O)NNNC1=O. The Labute approximate surface area is 66.7 Å². The van der Waals surface area contributed by atoms with Gasteiger partial charge in [-0.25, -0.2) is 14.4 Å². The van der Waals surface area contributed by atoms with E-state index in [2.05, 4.69) is 10.4 Å². The molecule has 0 unspecified atom stereocenters. The second-order valence-electron chi connectivity index (χ2n) is 1.86. The molecule has 0 aromatic carbocycles. The molecule has 0 radical (unpaired) electrons. The lowest BCUT2D eigenvalue weighted by Gasteiger charge is -2.23. The van der Waals surface area contributed by atoms with Gasteiger partial charge in [0.15, 0.2) is 0 Å². The quantitative estimate of drug-likeness (QED) is 0.455. The van der Waals surface area contributed by atoms with Crippen LogP contribution in [0.4, 0.5) is 9.59 Å². The highest BCUT2D eigenvalue weighted by Gasteiger charge is 2.28. The summed E-state index contributed by atoms with van der Waals surface area (Å²) < 4.78 is 0. The van der Waals surface area contributed by atoms with E-state index in [9.17, 15) is 14.4 Å². The first-order valence-electron chi connectivity index (χ1n) is 2.95. The summed E-state index contributed by atoms with van der Waals surface area (Å²) in [7, 11) is 0. The molecule has 0 aromatic heterocycles. The molecule has 0 aliphatic carbocycles. The number of nitrogens with zero attached hydrogens (tertiary/aromatic N) is 1. The maximum atomic E-state index is 10.8. The predicted octanol–water partition coefficient (Wildman–Crippen LogP) is -1.38. The van der Waals surface area contributed by atoms with Gasteiger partial charge in [-0.3, -0.25) is 10.9 Å². The molecule has 0 bridgehead atoms. The van der Waals surface area contributed by atoms with E-state index in [0.717, 1.165) is 6.92 Å². The molecule has 0 saturated carbocycles. The van der Waals surface area contributed by atoms with Crippen LogP contribution in [-0.4, -0.2) is 23.1 Å². The van der Waals surface area contributed by atoms with E-state index >= 15 is 0 Å². The Bertz CT molecular complexity index is 223. The zero-order valence-corrected chi connectivity index (χ0v) is 6.08. The number of hydrogen-bond donors (Lipinski definition) is 3. The molecule has 0 atom stereocenters. The van der Waals surface area contributed by atoms with Crippen LogP contribution in [0.2, 0.25) is 0 Å². The number of hydrazine groups is 2. The Hall–Kier alpha value is -1.83. The molecule has 8 nitrogen and oxygen atoms in total. The number of rotatable bonds is 1. The van der Waals surface area contributed by atoms with Crippen molar-refractivity contribution in [3.63, 3.8) is 0 Å². The van der Waals surface area contributed by atoms with Gasteiger partial charge in [0, 0.05) is 6.92 Å². The summed E-state index contributed by atoms with van der Waals surface area (Å²) in [5.74, 6) is -0.762. The fraction of sp³-hybridized carbons (Fsp3) is 0.250. The maximum absolute atomic E-state index is 10.8. The Morgan fingerprint density at radius 2 is 1.83 bits per heavy atom. The average Bonchev–Trinajstić information content (AvgIpc) is 1.97. The van der Waals surface area contributed by atoms with Crippen molar-refractivity contribution in [2.75, 3.05) is 0 Å². The number of urea groups is 2. The molecule has 0 aromatic rings. The average molecular weight is 174 g/mol. The van der Waals surface area contributed by atoms with Gasteiger partial charge >= 0.3 is 18.0 Å². The first-order valence-corrected chi connectivity index (χ1v) is 2.95. The highest BCUT2D eigenvalue weighted by Crippen LogP contribution is 1.94. The van der Waals surface area contributed by atoms with Crippen molar-refractivity contribution >= 4 is 18.0 Å². The third kappa shape index (κ3) is 1.61. The van der Waals surface area contributed by atoms with Crippen molar-refractivity contribution in [2.45, 2.75) is 6.92 Å². The van der Waals surface area contributed by atoms with Gasteiger partial charge in [-0.1, -0.05) is 5.06 Å². The topological polar surface area (TPSA) is 99.8 Å². The first kappa shape index (κ1) is 8.27. The minimum Gasteiger partial charge on any atom is -0.328 e. The summed E-state index contributed by atoms with van der Waals surface area (Å²) in [6.07, 6.45) is 0. The lowest BCUT2D eigenvalue weighted by atomic mass is 10.8. The Morgan fingerprint density at radius 1 is 1.33 bits per heavy atom. The lowest BCUT2D eigenvalue weighted by molar-refractivity contribution is -0.165. The normalized spacial score (nSPS) is 16.6. The number of hydrogen-bond acceptors (Lipinski definition) is 5. The smallest absolute Gasteiger partial charge is 0.328 e. The van der Waals surface area contributed by atoms with Crippen LogP contribution in [0.15, 0.2) is 0 Å². The molecule has 1 saturated heterocycles. The molecule has 1 rings (SSSR count). The van der Waals surface area contributed by atoms with Crippen LogP contribution in [0.1, 0.15) is 6.92 Å². The fourth-order valence-corrected chi connectivity index (χ4v) is 0.543. The second-order valence-corrected chi connectivity index (χ2v) is 1.86. The highest BCUT2D eigenvalue weighted by atomic mass is 16.7. The summed E-state index contributed by atoms with van der Waals surface area (Å²) in [5, 5.41) is 0.263. The fourth-order valence-electron chi connectivity index (χ4n) is 0.543. The van der Waals surface area contributed by atoms with Crippen LogP contribution >= 0.6 is 0 Å². The monoisotopic (exact) mass is 174 g/mol. The van der Waals surface area contributed by atoms with Gasteiger partial charge in [0.2, 0.25) is 0 Å². The number of hydroxylamine groups is 2. The minimum absolute atomic E-state index is 0.263. The number of amides is 4. The summed E-state index contributed by atoms with van der Waals surface area (Å²) in [4.78, 5) is 36.1. The van der Waals surface area contributed by atoms with Crippen LogP contribution in [-0.2, 0) is 9.63 Å². The van der Waals surface area contributed by atoms with Crippen molar-refractivity contribution in [3.8, 4) is 0 Å². The van der Waals surface area contributed by atoms with Gasteiger partial charge in [0.25, 0.3) is 0 Å². The van der Waals surface area contributed by atoms with Crippen molar-refractivity contribution in [3.05, 3.63) is 0 Å². The van der Waals surface area contributed by atoms with Crippen LogP contribution in [0.3, 0.4) is 0 Å². The first-order chi connectivity index (χ1) is 5.61. The molecule has 4 amide bonds. The maximum Gasteiger partial charge on any atom is 0.375 e. The van der Waals surface area contributed by atoms with Gasteiger partial charge in [-0.2, -0.15) is 0 Å². The molecule has 1 heterocycles. The molecule has 8 heteroatoms. The van der Waals surface area contributed by atoms with Gasteiger partial charge in [0.05, 0.1) is 0 Å². The van der Waals surface area contributed by atoms with Crippen LogP contribution in [0.5, 0.6) is 0 Å².